The highest BCUT2D eigenvalue weighted by Gasteiger charge is 2.16. The minimum Gasteiger partial charge on any atom is -0.351 e. The Morgan fingerprint density at radius 2 is 1.90 bits per heavy atom. The molecule has 0 aliphatic rings. The van der Waals surface area contributed by atoms with Crippen molar-refractivity contribution in [1.29, 1.82) is 0 Å². The Labute approximate surface area is 125 Å². The Morgan fingerprint density at radius 1 is 1.30 bits per heavy atom. The average molecular weight is 271 g/mol. The van der Waals surface area contributed by atoms with Crippen molar-refractivity contribution in [3.8, 4) is 0 Å². The second-order valence-electron chi connectivity index (χ2n) is 5.91. The SMILES string of the molecule is C=CN(C)c1c(C)cc(C)c(CC(CC)C(=C)C)c1C. The van der Waals surface area contributed by atoms with E-state index in [4.69, 9.17) is 0 Å². The summed E-state index contributed by atoms with van der Waals surface area (Å²) >= 11 is 0. The number of hydrogen-bond donors (Lipinski definition) is 0. The summed E-state index contributed by atoms with van der Waals surface area (Å²) in [5.41, 5.74) is 8.12. The number of benzene rings is 1. The van der Waals surface area contributed by atoms with Crippen LogP contribution in [0.3, 0.4) is 0 Å². The van der Waals surface area contributed by atoms with Crippen LogP contribution >= 0.6 is 0 Å². The number of rotatable bonds is 6. The van der Waals surface area contributed by atoms with Gasteiger partial charge in [-0.2, -0.15) is 0 Å². The van der Waals surface area contributed by atoms with Crippen molar-refractivity contribution in [3.63, 3.8) is 0 Å². The molecule has 1 aromatic rings. The summed E-state index contributed by atoms with van der Waals surface area (Å²) in [7, 11) is 2.07. The van der Waals surface area contributed by atoms with E-state index in [1.165, 1.54) is 33.5 Å². The van der Waals surface area contributed by atoms with E-state index in [1.54, 1.807) is 0 Å². The topological polar surface area (TPSA) is 3.24 Å². The molecule has 0 saturated carbocycles. The molecule has 110 valence electrons. The molecule has 0 radical (unpaired) electrons. The van der Waals surface area contributed by atoms with Crippen LogP contribution in [0.25, 0.3) is 0 Å². The van der Waals surface area contributed by atoms with Gasteiger partial charge >= 0.3 is 0 Å². The van der Waals surface area contributed by atoms with Gasteiger partial charge in [0, 0.05) is 12.7 Å². The van der Waals surface area contributed by atoms with E-state index in [1.807, 2.05) is 6.20 Å². The van der Waals surface area contributed by atoms with E-state index in [0.717, 1.165) is 12.8 Å². The van der Waals surface area contributed by atoms with E-state index in [-0.39, 0.29) is 0 Å². The monoisotopic (exact) mass is 271 g/mol. The van der Waals surface area contributed by atoms with Gasteiger partial charge in [-0.15, -0.1) is 0 Å². The molecular weight excluding hydrogens is 242 g/mol. The molecule has 0 spiro atoms. The Bertz CT molecular complexity index is 511. The predicted octanol–water partition coefficient (Wildman–Crippen LogP) is 5.34. The molecule has 0 N–H and O–H groups in total. The minimum absolute atomic E-state index is 0.567. The van der Waals surface area contributed by atoms with Crippen molar-refractivity contribution in [3.05, 3.63) is 53.3 Å². The molecule has 0 aliphatic carbocycles. The van der Waals surface area contributed by atoms with Crippen molar-refractivity contribution in [2.75, 3.05) is 11.9 Å². The molecule has 1 rings (SSSR count). The van der Waals surface area contributed by atoms with E-state index < -0.39 is 0 Å². The maximum atomic E-state index is 4.15. The Hall–Kier alpha value is -1.50. The fourth-order valence-electron chi connectivity index (χ4n) is 3.08. The highest BCUT2D eigenvalue weighted by Crippen LogP contribution is 2.32. The summed E-state index contributed by atoms with van der Waals surface area (Å²) in [5, 5.41) is 0. The predicted molar refractivity (Wildman–Crippen MR) is 91.6 cm³/mol. The summed E-state index contributed by atoms with van der Waals surface area (Å²) in [6, 6.07) is 2.29. The first-order valence-corrected chi connectivity index (χ1v) is 7.43. The average Bonchev–Trinajstić information content (AvgIpc) is 2.37. The zero-order valence-corrected chi connectivity index (χ0v) is 14.0. The van der Waals surface area contributed by atoms with Crippen LogP contribution in [-0.4, -0.2) is 7.05 Å². The second-order valence-corrected chi connectivity index (χ2v) is 5.91. The highest BCUT2D eigenvalue weighted by atomic mass is 15.1. The molecule has 0 aromatic heterocycles. The maximum Gasteiger partial charge on any atom is 0.0465 e. The fourth-order valence-corrected chi connectivity index (χ4v) is 3.08. The summed E-state index contributed by atoms with van der Waals surface area (Å²) in [6.45, 7) is 19.1. The minimum atomic E-state index is 0.567. The van der Waals surface area contributed by atoms with Crippen molar-refractivity contribution >= 4 is 5.69 Å². The van der Waals surface area contributed by atoms with Crippen LogP contribution in [-0.2, 0) is 6.42 Å². The lowest BCUT2D eigenvalue weighted by Crippen LogP contribution is -2.14. The van der Waals surface area contributed by atoms with Crippen molar-refractivity contribution in [2.45, 2.75) is 47.5 Å². The van der Waals surface area contributed by atoms with Crippen molar-refractivity contribution in [2.24, 2.45) is 5.92 Å². The van der Waals surface area contributed by atoms with Gasteiger partial charge in [0.2, 0.25) is 0 Å². The van der Waals surface area contributed by atoms with Crippen LogP contribution in [0.15, 0.2) is 31.0 Å². The first kappa shape index (κ1) is 16.6. The van der Waals surface area contributed by atoms with E-state index in [9.17, 15) is 0 Å². The standard InChI is InChI=1S/C19H29N/c1-9-17(13(3)4)12-18-14(5)11-15(6)19(16(18)7)20(8)10-2/h10-11,17H,2-3,9,12H2,1,4-8H3. The van der Waals surface area contributed by atoms with Crippen LogP contribution < -0.4 is 4.90 Å². The smallest absolute Gasteiger partial charge is 0.0465 e. The summed E-state index contributed by atoms with van der Waals surface area (Å²) < 4.78 is 0. The van der Waals surface area contributed by atoms with Crippen LogP contribution in [0.1, 0.15) is 42.5 Å². The lowest BCUT2D eigenvalue weighted by molar-refractivity contribution is 0.587. The fraction of sp³-hybridized carbons (Fsp3) is 0.474. The van der Waals surface area contributed by atoms with Gasteiger partial charge in [0.15, 0.2) is 0 Å². The molecule has 1 nitrogen and oxygen atoms in total. The molecular formula is C19H29N. The van der Waals surface area contributed by atoms with Crippen LogP contribution in [0.4, 0.5) is 5.69 Å². The highest BCUT2D eigenvalue weighted by molar-refractivity contribution is 5.64. The molecule has 1 unspecified atom stereocenters. The largest absolute Gasteiger partial charge is 0.351 e. The normalized spacial score (nSPS) is 12.1. The van der Waals surface area contributed by atoms with Gasteiger partial charge in [-0.05, 0) is 74.9 Å². The van der Waals surface area contributed by atoms with Gasteiger partial charge in [-0.1, -0.05) is 31.7 Å². The van der Waals surface area contributed by atoms with Crippen LogP contribution in [0, 0.1) is 26.7 Å². The molecule has 0 heterocycles. The number of allylic oxidation sites excluding steroid dienone is 1. The third-order valence-corrected chi connectivity index (χ3v) is 4.36. The van der Waals surface area contributed by atoms with Gasteiger partial charge in [0.1, 0.15) is 0 Å². The van der Waals surface area contributed by atoms with Gasteiger partial charge in [-0.25, -0.2) is 0 Å². The second kappa shape index (κ2) is 6.78. The summed E-state index contributed by atoms with van der Waals surface area (Å²) in [4.78, 5) is 2.12. The van der Waals surface area contributed by atoms with Crippen molar-refractivity contribution in [1.82, 2.24) is 0 Å². The van der Waals surface area contributed by atoms with Gasteiger partial charge < -0.3 is 4.90 Å². The van der Waals surface area contributed by atoms with Gasteiger partial charge in [0.05, 0.1) is 0 Å². The van der Waals surface area contributed by atoms with Crippen molar-refractivity contribution < 1.29 is 0 Å². The first-order chi connectivity index (χ1) is 9.33. The Kier molecular flexibility index (Phi) is 5.62. The quantitative estimate of drug-likeness (QED) is 0.631. The number of anilines is 1. The molecule has 0 aliphatic heterocycles. The first-order valence-electron chi connectivity index (χ1n) is 7.43. The van der Waals surface area contributed by atoms with Crippen LogP contribution in [0.5, 0.6) is 0 Å². The molecule has 20 heavy (non-hydrogen) atoms. The summed E-state index contributed by atoms with van der Waals surface area (Å²) in [5.74, 6) is 0.567. The third kappa shape index (κ3) is 3.33. The lowest BCUT2D eigenvalue weighted by Gasteiger charge is -2.25. The molecule has 0 bridgehead atoms. The summed E-state index contributed by atoms with van der Waals surface area (Å²) in [6.07, 6.45) is 4.11. The molecule has 0 fully saturated rings. The zero-order chi connectivity index (χ0) is 15.4. The molecule has 0 saturated heterocycles. The Balaban J connectivity index is 3.33. The zero-order valence-electron chi connectivity index (χ0n) is 14.0. The molecule has 1 atom stereocenters. The van der Waals surface area contributed by atoms with Crippen LogP contribution in [0.2, 0.25) is 0 Å². The molecule has 1 aromatic carbocycles. The van der Waals surface area contributed by atoms with E-state index in [2.05, 4.69) is 65.8 Å². The number of hydrogen-bond acceptors (Lipinski definition) is 1. The maximum absolute atomic E-state index is 4.15. The molecule has 0 amide bonds. The van der Waals surface area contributed by atoms with Gasteiger partial charge in [0.25, 0.3) is 0 Å². The Morgan fingerprint density at radius 3 is 2.35 bits per heavy atom. The molecule has 1 heteroatoms. The van der Waals surface area contributed by atoms with Gasteiger partial charge in [-0.3, -0.25) is 0 Å². The number of aryl methyl sites for hydroxylation is 2. The third-order valence-electron chi connectivity index (χ3n) is 4.36. The van der Waals surface area contributed by atoms with E-state index in [0.29, 0.717) is 5.92 Å². The number of nitrogens with zero attached hydrogens (tertiary/aromatic N) is 1. The van der Waals surface area contributed by atoms with E-state index >= 15 is 0 Å². The lowest BCUT2D eigenvalue weighted by atomic mass is 9.86.